The fraction of sp³-hybridized carbons (Fsp3) is 0.692. The standard InChI is InChI=1S/C26H36F4/c1-2-3-4-5-6-7-19-8-10-20(11-9-19)21-12-14-22(15-13-21)23-16-17-25(27)24(18-23)26(28,29)30/h14,16-21H,2-13,15H2,1H3. The van der Waals surface area contributed by atoms with Crippen LogP contribution in [0, 0.1) is 23.6 Å². The first kappa shape index (κ1) is 23.3. The number of hydrogen-bond acceptors (Lipinski definition) is 0. The molecule has 1 aromatic rings. The smallest absolute Gasteiger partial charge is 0.206 e. The molecule has 0 heterocycles. The quantitative estimate of drug-likeness (QED) is 0.288. The molecule has 0 N–H and O–H groups in total. The second-order valence-corrected chi connectivity index (χ2v) is 9.44. The Labute approximate surface area is 179 Å². The van der Waals surface area contributed by atoms with Crippen LogP contribution < -0.4 is 0 Å². The zero-order valence-electron chi connectivity index (χ0n) is 18.2. The first-order valence-corrected chi connectivity index (χ1v) is 11.9. The molecule has 2 aliphatic rings. The molecule has 0 radical (unpaired) electrons. The topological polar surface area (TPSA) is 0 Å². The fourth-order valence-electron chi connectivity index (χ4n) is 5.47. The Morgan fingerprint density at radius 3 is 2.27 bits per heavy atom. The van der Waals surface area contributed by atoms with Gasteiger partial charge in [-0.15, -0.1) is 0 Å². The summed E-state index contributed by atoms with van der Waals surface area (Å²) in [5.74, 6) is 1.13. The summed E-state index contributed by atoms with van der Waals surface area (Å²) in [6, 6.07) is 3.42. The lowest BCUT2D eigenvalue weighted by molar-refractivity contribution is -0.140. The monoisotopic (exact) mass is 424 g/mol. The summed E-state index contributed by atoms with van der Waals surface area (Å²) in [6.07, 6.45) is 13.7. The SMILES string of the molecule is CCCCCCCC1CCC(C2CC=C(c3ccc(F)c(C(F)(F)F)c3)CC2)CC1. The first-order valence-electron chi connectivity index (χ1n) is 11.9. The van der Waals surface area contributed by atoms with Crippen molar-refractivity contribution in [3.63, 3.8) is 0 Å². The summed E-state index contributed by atoms with van der Waals surface area (Å²) >= 11 is 0. The van der Waals surface area contributed by atoms with Gasteiger partial charge in [0.25, 0.3) is 0 Å². The van der Waals surface area contributed by atoms with Gasteiger partial charge in [0.1, 0.15) is 5.82 Å². The molecular weight excluding hydrogens is 388 g/mol. The highest BCUT2D eigenvalue weighted by atomic mass is 19.4. The average molecular weight is 425 g/mol. The minimum absolute atomic E-state index is 0.522. The van der Waals surface area contributed by atoms with E-state index < -0.39 is 17.6 Å². The Morgan fingerprint density at radius 1 is 0.900 bits per heavy atom. The van der Waals surface area contributed by atoms with Crippen molar-refractivity contribution in [3.05, 3.63) is 41.2 Å². The highest BCUT2D eigenvalue weighted by molar-refractivity contribution is 5.67. The minimum atomic E-state index is -4.65. The molecule has 4 heteroatoms. The third-order valence-corrected chi connectivity index (χ3v) is 7.37. The molecule has 168 valence electrons. The predicted octanol–water partition coefficient (Wildman–Crippen LogP) is 9.19. The molecule has 30 heavy (non-hydrogen) atoms. The van der Waals surface area contributed by atoms with E-state index >= 15 is 0 Å². The molecule has 1 atom stereocenters. The van der Waals surface area contributed by atoms with Crippen LogP contribution in [-0.4, -0.2) is 0 Å². The van der Waals surface area contributed by atoms with Crippen molar-refractivity contribution < 1.29 is 17.6 Å². The summed E-state index contributed by atoms with van der Waals surface area (Å²) in [5, 5.41) is 0. The van der Waals surface area contributed by atoms with Crippen LogP contribution >= 0.6 is 0 Å². The van der Waals surface area contributed by atoms with Gasteiger partial charge in [0, 0.05) is 0 Å². The fourth-order valence-corrected chi connectivity index (χ4v) is 5.47. The van der Waals surface area contributed by atoms with E-state index in [1.165, 1.54) is 70.3 Å². The van der Waals surface area contributed by atoms with Crippen LogP contribution in [0.1, 0.15) is 102 Å². The van der Waals surface area contributed by atoms with E-state index in [9.17, 15) is 17.6 Å². The molecule has 1 saturated carbocycles. The van der Waals surface area contributed by atoms with Crippen LogP contribution in [0.3, 0.4) is 0 Å². The molecule has 0 bridgehead atoms. The van der Waals surface area contributed by atoms with Crippen molar-refractivity contribution in [1.29, 1.82) is 0 Å². The molecule has 3 rings (SSSR count). The Balaban J connectivity index is 1.48. The van der Waals surface area contributed by atoms with Crippen molar-refractivity contribution in [2.24, 2.45) is 17.8 Å². The molecule has 0 saturated heterocycles. The van der Waals surface area contributed by atoms with Crippen molar-refractivity contribution >= 4 is 5.57 Å². The molecule has 0 nitrogen and oxygen atoms in total. The van der Waals surface area contributed by atoms with Gasteiger partial charge in [-0.25, -0.2) is 4.39 Å². The second kappa shape index (κ2) is 10.8. The molecule has 0 spiro atoms. The molecule has 0 amide bonds. The van der Waals surface area contributed by atoms with E-state index in [1.807, 2.05) is 0 Å². The van der Waals surface area contributed by atoms with E-state index in [-0.39, 0.29) is 0 Å². The summed E-state index contributed by atoms with van der Waals surface area (Å²) in [7, 11) is 0. The number of hydrogen-bond donors (Lipinski definition) is 0. The van der Waals surface area contributed by atoms with Gasteiger partial charge in [0.2, 0.25) is 0 Å². The molecule has 1 fully saturated rings. The molecule has 1 aromatic carbocycles. The normalized spacial score (nSPS) is 25.2. The Hall–Kier alpha value is -1.32. The number of halogens is 4. The van der Waals surface area contributed by atoms with Crippen LogP contribution in [0.5, 0.6) is 0 Å². The Bertz CT molecular complexity index is 695. The van der Waals surface area contributed by atoms with Crippen LogP contribution in [0.4, 0.5) is 17.6 Å². The predicted molar refractivity (Wildman–Crippen MR) is 116 cm³/mol. The van der Waals surface area contributed by atoms with Gasteiger partial charge in [0.05, 0.1) is 5.56 Å². The third-order valence-electron chi connectivity index (χ3n) is 7.37. The number of benzene rings is 1. The Kier molecular flexibility index (Phi) is 8.42. The van der Waals surface area contributed by atoms with Crippen molar-refractivity contribution in [1.82, 2.24) is 0 Å². The van der Waals surface area contributed by atoms with E-state index in [1.54, 1.807) is 0 Å². The van der Waals surface area contributed by atoms with Crippen LogP contribution in [-0.2, 0) is 6.18 Å². The van der Waals surface area contributed by atoms with Crippen molar-refractivity contribution in [2.45, 2.75) is 96.6 Å². The van der Waals surface area contributed by atoms with E-state index in [2.05, 4.69) is 13.0 Å². The Morgan fingerprint density at radius 2 is 1.63 bits per heavy atom. The zero-order chi connectivity index (χ0) is 21.6. The summed E-state index contributed by atoms with van der Waals surface area (Å²) in [4.78, 5) is 0. The van der Waals surface area contributed by atoms with Crippen molar-refractivity contribution in [3.8, 4) is 0 Å². The van der Waals surface area contributed by atoms with Gasteiger partial charge >= 0.3 is 6.18 Å². The maximum absolute atomic E-state index is 13.6. The van der Waals surface area contributed by atoms with Gasteiger partial charge in [0.15, 0.2) is 0 Å². The maximum atomic E-state index is 13.6. The highest BCUT2D eigenvalue weighted by Crippen LogP contribution is 2.43. The lowest BCUT2D eigenvalue weighted by Gasteiger charge is -2.35. The first-order chi connectivity index (χ1) is 14.4. The number of alkyl halides is 3. The average Bonchev–Trinajstić information content (AvgIpc) is 2.74. The summed E-state index contributed by atoms with van der Waals surface area (Å²) < 4.78 is 52.6. The number of allylic oxidation sites excluding steroid dienone is 2. The van der Waals surface area contributed by atoms with Gasteiger partial charge < -0.3 is 0 Å². The molecule has 1 unspecified atom stereocenters. The van der Waals surface area contributed by atoms with E-state index in [0.29, 0.717) is 11.5 Å². The number of rotatable bonds is 8. The molecule has 2 aliphatic carbocycles. The minimum Gasteiger partial charge on any atom is -0.206 e. The van der Waals surface area contributed by atoms with E-state index in [0.717, 1.165) is 48.8 Å². The highest BCUT2D eigenvalue weighted by Gasteiger charge is 2.35. The zero-order valence-corrected chi connectivity index (χ0v) is 18.2. The van der Waals surface area contributed by atoms with Crippen molar-refractivity contribution in [2.75, 3.05) is 0 Å². The largest absolute Gasteiger partial charge is 0.419 e. The summed E-state index contributed by atoms with van der Waals surface area (Å²) in [6.45, 7) is 2.25. The van der Waals surface area contributed by atoms with Crippen LogP contribution in [0.15, 0.2) is 24.3 Å². The number of unbranched alkanes of at least 4 members (excludes halogenated alkanes) is 4. The molecule has 0 aliphatic heterocycles. The maximum Gasteiger partial charge on any atom is 0.419 e. The van der Waals surface area contributed by atoms with Crippen LogP contribution in [0.25, 0.3) is 5.57 Å². The van der Waals surface area contributed by atoms with Gasteiger partial charge in [-0.1, -0.05) is 70.4 Å². The second-order valence-electron chi connectivity index (χ2n) is 9.44. The third kappa shape index (κ3) is 6.34. The van der Waals surface area contributed by atoms with Gasteiger partial charge in [-0.2, -0.15) is 13.2 Å². The lowest BCUT2D eigenvalue weighted by Crippen LogP contribution is -2.23. The van der Waals surface area contributed by atoms with Gasteiger partial charge in [-0.3, -0.25) is 0 Å². The molecular formula is C26H36F4. The molecule has 0 aromatic heterocycles. The van der Waals surface area contributed by atoms with Gasteiger partial charge in [-0.05, 0) is 73.1 Å². The summed E-state index contributed by atoms with van der Waals surface area (Å²) in [5.41, 5.74) is 0.308. The van der Waals surface area contributed by atoms with E-state index in [4.69, 9.17) is 0 Å². The van der Waals surface area contributed by atoms with Crippen LogP contribution in [0.2, 0.25) is 0 Å². The lowest BCUT2D eigenvalue weighted by atomic mass is 9.70.